The molecule has 0 atom stereocenters. The molecular formula is C29H35N5O3S. The lowest BCUT2D eigenvalue weighted by Gasteiger charge is -2.26. The third-order valence-electron chi connectivity index (χ3n) is 6.99. The van der Waals surface area contributed by atoms with Crippen LogP contribution in [0.15, 0.2) is 46.3 Å². The predicted octanol–water partition coefficient (Wildman–Crippen LogP) is 5.04. The molecule has 2 aromatic carbocycles. The first-order valence-electron chi connectivity index (χ1n) is 13.2. The van der Waals surface area contributed by atoms with Crippen LogP contribution in [0.25, 0.3) is 0 Å². The van der Waals surface area contributed by atoms with Crippen LogP contribution in [0.1, 0.15) is 60.8 Å². The van der Waals surface area contributed by atoms with Gasteiger partial charge in [-0.05, 0) is 81.9 Å². The van der Waals surface area contributed by atoms with Crippen LogP contribution in [0.5, 0.6) is 5.75 Å². The Balaban J connectivity index is 1.51. The summed E-state index contributed by atoms with van der Waals surface area (Å²) in [4.78, 5) is 14.3. The summed E-state index contributed by atoms with van der Waals surface area (Å²) in [7, 11) is -3.43. The van der Waals surface area contributed by atoms with E-state index in [4.69, 9.17) is 14.7 Å². The number of aryl methyl sites for hydroxylation is 1. The van der Waals surface area contributed by atoms with Crippen molar-refractivity contribution in [1.82, 2.24) is 15.3 Å². The first-order valence-corrected chi connectivity index (χ1v) is 15.1. The summed E-state index contributed by atoms with van der Waals surface area (Å²) in [6.07, 6.45) is 6.39. The first kappa shape index (κ1) is 26.3. The Hall–Kier alpha value is -3.30. The molecule has 0 unspecified atom stereocenters. The van der Waals surface area contributed by atoms with Crippen LogP contribution in [-0.2, 0) is 22.7 Å². The van der Waals surface area contributed by atoms with Crippen molar-refractivity contribution in [1.29, 1.82) is 0 Å². The molecule has 1 aromatic heterocycles. The molecule has 8 nitrogen and oxygen atoms in total. The van der Waals surface area contributed by atoms with Crippen LogP contribution >= 0.6 is 0 Å². The van der Waals surface area contributed by atoms with Crippen molar-refractivity contribution in [2.45, 2.75) is 63.4 Å². The van der Waals surface area contributed by atoms with E-state index in [0.29, 0.717) is 41.8 Å². The number of piperidine rings is 1. The van der Waals surface area contributed by atoms with Crippen LogP contribution in [0.3, 0.4) is 0 Å². The van der Waals surface area contributed by atoms with E-state index >= 15 is 0 Å². The molecule has 0 radical (unpaired) electrons. The van der Waals surface area contributed by atoms with Gasteiger partial charge in [0.2, 0.25) is 0 Å². The lowest BCUT2D eigenvalue weighted by Crippen LogP contribution is -2.27. The Kier molecular flexibility index (Phi) is 7.49. The number of anilines is 2. The maximum absolute atomic E-state index is 12.4. The van der Waals surface area contributed by atoms with Crippen molar-refractivity contribution >= 4 is 33.2 Å². The number of hydrogen-bond acceptors (Lipinski definition) is 8. The van der Waals surface area contributed by atoms with Gasteiger partial charge >= 0.3 is 0 Å². The van der Waals surface area contributed by atoms with E-state index < -0.39 is 9.84 Å². The molecule has 200 valence electrons. The van der Waals surface area contributed by atoms with Crippen LogP contribution < -0.4 is 15.4 Å². The Morgan fingerprint density at radius 2 is 1.89 bits per heavy atom. The summed E-state index contributed by atoms with van der Waals surface area (Å²) in [6, 6.07) is 11.3. The summed E-state index contributed by atoms with van der Waals surface area (Å²) in [5.74, 6) is 2.54. The van der Waals surface area contributed by atoms with E-state index in [1.54, 1.807) is 24.3 Å². The Labute approximate surface area is 224 Å². The molecule has 2 N–H and O–H groups in total. The summed E-state index contributed by atoms with van der Waals surface area (Å²) < 4.78 is 31.0. The van der Waals surface area contributed by atoms with Gasteiger partial charge in [0.05, 0.1) is 22.4 Å². The average Bonchev–Trinajstić information content (AvgIpc) is 3.35. The Morgan fingerprint density at radius 1 is 1.13 bits per heavy atom. The molecule has 1 fully saturated rings. The zero-order chi connectivity index (χ0) is 26.9. The minimum atomic E-state index is -3.43. The van der Waals surface area contributed by atoms with Crippen molar-refractivity contribution in [2.24, 2.45) is 4.99 Å². The molecule has 3 aromatic rings. The van der Waals surface area contributed by atoms with Gasteiger partial charge in [0.15, 0.2) is 15.7 Å². The molecular weight excluding hydrogens is 498 g/mol. The fourth-order valence-corrected chi connectivity index (χ4v) is 6.09. The summed E-state index contributed by atoms with van der Waals surface area (Å²) >= 11 is 0. The van der Waals surface area contributed by atoms with Crippen molar-refractivity contribution < 1.29 is 13.2 Å². The highest BCUT2D eigenvalue weighted by Crippen LogP contribution is 2.37. The number of sulfone groups is 1. The van der Waals surface area contributed by atoms with Gasteiger partial charge in [0.1, 0.15) is 17.3 Å². The van der Waals surface area contributed by atoms with Crippen LogP contribution in [0, 0.1) is 6.92 Å². The first-order chi connectivity index (χ1) is 18.2. The summed E-state index contributed by atoms with van der Waals surface area (Å²) in [6.45, 7) is 8.33. The standard InChI is InChI=1S/C29H35N5O3S/c1-18(2)37-25-17-22(20-9-12-30-13-10-20)19(3)15-21(25)16-27-32-24-11-14-31-28(24)29(34-27)33-23-7-5-6-8-26(23)38(4,35)36/h5-8,14-15,17-18,20,30H,9-13,16H2,1-4H3,(H,32,33,34). The molecule has 5 rings (SSSR count). The van der Waals surface area contributed by atoms with Gasteiger partial charge < -0.3 is 15.4 Å². The van der Waals surface area contributed by atoms with E-state index in [1.807, 2.05) is 20.1 Å². The Bertz CT molecular complexity index is 1480. The average molecular weight is 534 g/mol. The lowest BCUT2D eigenvalue weighted by atomic mass is 9.86. The SMILES string of the molecule is Cc1cc(Cc2nc3c(c(Nc4ccccc4S(C)(=O)=O)n2)N=CC3)c(OC(C)C)cc1C1CCNCC1. The topological polar surface area (TPSA) is 106 Å². The molecule has 0 aliphatic carbocycles. The van der Waals surface area contributed by atoms with Gasteiger partial charge in [-0.15, -0.1) is 0 Å². The van der Waals surface area contributed by atoms with Gasteiger partial charge in [-0.3, -0.25) is 4.99 Å². The summed E-state index contributed by atoms with van der Waals surface area (Å²) in [5.41, 5.74) is 5.59. The van der Waals surface area contributed by atoms with E-state index in [0.717, 1.165) is 42.9 Å². The highest BCUT2D eigenvalue weighted by atomic mass is 32.2. The molecule has 2 aliphatic rings. The normalized spacial score (nSPS) is 15.6. The van der Waals surface area contributed by atoms with Crippen molar-refractivity contribution in [2.75, 3.05) is 24.7 Å². The van der Waals surface area contributed by atoms with Crippen LogP contribution in [0.4, 0.5) is 17.2 Å². The third-order valence-corrected chi connectivity index (χ3v) is 8.14. The molecule has 0 bridgehead atoms. The number of hydrogen-bond donors (Lipinski definition) is 2. The molecule has 0 amide bonds. The maximum Gasteiger partial charge on any atom is 0.177 e. The van der Waals surface area contributed by atoms with Crippen LogP contribution in [0.2, 0.25) is 0 Å². The highest BCUT2D eigenvalue weighted by molar-refractivity contribution is 7.90. The molecule has 2 aliphatic heterocycles. The number of nitrogens with one attached hydrogen (secondary N) is 2. The second kappa shape index (κ2) is 10.8. The third kappa shape index (κ3) is 5.73. The molecule has 9 heteroatoms. The number of rotatable bonds is 8. The summed E-state index contributed by atoms with van der Waals surface area (Å²) in [5, 5.41) is 6.69. The number of nitrogens with zero attached hydrogens (tertiary/aromatic N) is 3. The monoisotopic (exact) mass is 533 g/mol. The molecule has 0 spiro atoms. The van der Waals surface area contributed by atoms with Gasteiger partial charge in [-0.2, -0.15) is 0 Å². The van der Waals surface area contributed by atoms with Crippen LogP contribution in [-0.4, -0.2) is 50.0 Å². The second-order valence-electron chi connectivity index (χ2n) is 10.4. The number of para-hydroxylation sites is 1. The lowest BCUT2D eigenvalue weighted by molar-refractivity contribution is 0.239. The number of aromatic nitrogens is 2. The largest absolute Gasteiger partial charge is 0.491 e. The number of benzene rings is 2. The molecule has 1 saturated heterocycles. The van der Waals surface area contributed by atoms with Crippen molar-refractivity contribution in [3.63, 3.8) is 0 Å². The van der Waals surface area contributed by atoms with Gasteiger partial charge in [0, 0.05) is 30.9 Å². The number of fused-ring (bicyclic) bond motifs is 1. The van der Waals surface area contributed by atoms with Gasteiger partial charge in [-0.1, -0.05) is 18.2 Å². The number of aliphatic imine (C=N–C) groups is 1. The smallest absolute Gasteiger partial charge is 0.177 e. The highest BCUT2D eigenvalue weighted by Gasteiger charge is 2.23. The quantitative estimate of drug-likeness (QED) is 0.418. The Morgan fingerprint density at radius 3 is 2.63 bits per heavy atom. The second-order valence-corrected chi connectivity index (χ2v) is 12.4. The van der Waals surface area contributed by atoms with E-state index in [9.17, 15) is 8.42 Å². The van der Waals surface area contributed by atoms with E-state index in [-0.39, 0.29) is 11.0 Å². The molecule has 0 saturated carbocycles. The maximum atomic E-state index is 12.4. The molecule has 38 heavy (non-hydrogen) atoms. The minimum absolute atomic E-state index is 0.0383. The van der Waals surface area contributed by atoms with E-state index in [2.05, 4.69) is 34.7 Å². The fraction of sp³-hybridized carbons (Fsp3) is 0.414. The van der Waals surface area contributed by atoms with E-state index in [1.165, 1.54) is 17.4 Å². The number of ether oxygens (including phenoxy) is 1. The predicted molar refractivity (Wildman–Crippen MR) is 151 cm³/mol. The zero-order valence-corrected chi connectivity index (χ0v) is 23.2. The van der Waals surface area contributed by atoms with Crippen molar-refractivity contribution in [3.05, 3.63) is 64.6 Å². The van der Waals surface area contributed by atoms with Crippen molar-refractivity contribution in [3.8, 4) is 5.75 Å². The van der Waals surface area contributed by atoms with Gasteiger partial charge in [-0.25, -0.2) is 18.4 Å². The zero-order valence-electron chi connectivity index (χ0n) is 22.4. The fourth-order valence-electron chi connectivity index (χ4n) is 5.25. The van der Waals surface area contributed by atoms with Gasteiger partial charge in [0.25, 0.3) is 0 Å². The minimum Gasteiger partial charge on any atom is -0.491 e. The molecule has 3 heterocycles.